The largest absolute Gasteiger partial charge is 0.399 e. The molecule has 0 spiro atoms. The molecule has 0 fully saturated rings. The van der Waals surface area contributed by atoms with Crippen LogP contribution in [0.3, 0.4) is 0 Å². The molecule has 1 aromatic carbocycles. The molecule has 1 aromatic rings. The molecule has 0 aliphatic rings. The smallest absolute Gasteiger partial charge is 0.240 e. The van der Waals surface area contributed by atoms with E-state index in [2.05, 4.69) is 4.72 Å². The van der Waals surface area contributed by atoms with E-state index in [0.717, 1.165) is 12.1 Å². The van der Waals surface area contributed by atoms with Crippen molar-refractivity contribution >= 4 is 15.7 Å². The van der Waals surface area contributed by atoms with E-state index in [1.54, 1.807) is 0 Å². The highest BCUT2D eigenvalue weighted by Crippen LogP contribution is 2.15. The van der Waals surface area contributed by atoms with Crippen molar-refractivity contribution in [2.75, 3.05) is 26.0 Å². The monoisotopic (exact) mass is 248 g/mol. The first-order valence-electron chi connectivity index (χ1n) is 4.50. The van der Waals surface area contributed by atoms with Crippen LogP contribution in [0.25, 0.3) is 0 Å². The van der Waals surface area contributed by atoms with Gasteiger partial charge >= 0.3 is 0 Å². The highest BCUT2D eigenvalue weighted by molar-refractivity contribution is 7.89. The molecule has 0 aliphatic carbocycles. The van der Waals surface area contributed by atoms with E-state index in [0.29, 0.717) is 0 Å². The third-order valence-corrected chi connectivity index (χ3v) is 3.24. The Bertz CT molecular complexity index is 442. The molecule has 0 aromatic heterocycles. The Balaban J connectivity index is 2.89. The van der Waals surface area contributed by atoms with Gasteiger partial charge in [0.1, 0.15) is 5.82 Å². The van der Waals surface area contributed by atoms with Crippen molar-refractivity contribution in [1.29, 1.82) is 0 Å². The van der Waals surface area contributed by atoms with Crippen LogP contribution in [0.1, 0.15) is 0 Å². The molecule has 90 valence electrons. The van der Waals surface area contributed by atoms with Gasteiger partial charge in [-0.1, -0.05) is 0 Å². The molecule has 3 N–H and O–H groups in total. The Morgan fingerprint density at radius 3 is 2.69 bits per heavy atom. The second kappa shape index (κ2) is 5.24. The first kappa shape index (κ1) is 12.9. The summed E-state index contributed by atoms with van der Waals surface area (Å²) >= 11 is 0. The van der Waals surface area contributed by atoms with Crippen molar-refractivity contribution in [3.05, 3.63) is 24.0 Å². The predicted molar refractivity (Wildman–Crippen MR) is 57.9 cm³/mol. The normalized spacial score (nSPS) is 11.6. The van der Waals surface area contributed by atoms with Crippen LogP contribution in [0.5, 0.6) is 0 Å². The summed E-state index contributed by atoms with van der Waals surface area (Å²) in [6, 6.07) is 3.15. The first-order valence-corrected chi connectivity index (χ1v) is 5.98. The summed E-state index contributed by atoms with van der Waals surface area (Å²) in [5, 5.41) is 0. The van der Waals surface area contributed by atoms with Gasteiger partial charge in [-0.05, 0) is 18.2 Å². The van der Waals surface area contributed by atoms with Crippen molar-refractivity contribution in [1.82, 2.24) is 4.72 Å². The quantitative estimate of drug-likeness (QED) is 0.581. The number of hydrogen-bond acceptors (Lipinski definition) is 4. The van der Waals surface area contributed by atoms with Crippen LogP contribution in [-0.2, 0) is 14.8 Å². The van der Waals surface area contributed by atoms with Crippen LogP contribution in [0.2, 0.25) is 0 Å². The molecule has 7 heteroatoms. The molecule has 16 heavy (non-hydrogen) atoms. The van der Waals surface area contributed by atoms with Crippen molar-refractivity contribution in [2.45, 2.75) is 4.90 Å². The lowest BCUT2D eigenvalue weighted by Crippen LogP contribution is -2.27. The Labute approximate surface area is 93.5 Å². The number of benzene rings is 1. The molecule has 1 rings (SSSR count). The third kappa shape index (κ3) is 3.44. The van der Waals surface area contributed by atoms with Crippen molar-refractivity contribution < 1.29 is 17.5 Å². The van der Waals surface area contributed by atoms with E-state index in [-0.39, 0.29) is 23.7 Å². The van der Waals surface area contributed by atoms with Crippen molar-refractivity contribution in [2.24, 2.45) is 0 Å². The fourth-order valence-corrected chi connectivity index (χ4v) is 2.18. The lowest BCUT2D eigenvalue weighted by Gasteiger charge is -2.07. The Morgan fingerprint density at radius 2 is 2.12 bits per heavy atom. The number of sulfonamides is 1. The molecule has 0 atom stereocenters. The number of halogens is 1. The van der Waals surface area contributed by atoms with Gasteiger partial charge in [0.15, 0.2) is 0 Å². The van der Waals surface area contributed by atoms with Gasteiger partial charge in [0.05, 0.1) is 11.5 Å². The first-order chi connectivity index (χ1) is 7.45. The fraction of sp³-hybridized carbons (Fsp3) is 0.333. The van der Waals surface area contributed by atoms with E-state index in [1.165, 1.54) is 13.2 Å². The highest BCUT2D eigenvalue weighted by Gasteiger charge is 2.14. The minimum Gasteiger partial charge on any atom is -0.399 e. The Kier molecular flexibility index (Phi) is 4.22. The van der Waals surface area contributed by atoms with Crippen molar-refractivity contribution in [3.8, 4) is 0 Å². The van der Waals surface area contributed by atoms with Gasteiger partial charge in [-0.15, -0.1) is 0 Å². The maximum absolute atomic E-state index is 12.9. The number of nitrogen functional groups attached to an aromatic ring is 1. The maximum atomic E-state index is 12.9. The summed E-state index contributed by atoms with van der Waals surface area (Å²) in [5.41, 5.74) is 5.42. The predicted octanol–water partition coefficient (Wildman–Crippen LogP) is 0.333. The second-order valence-electron chi connectivity index (χ2n) is 3.11. The van der Waals surface area contributed by atoms with Gasteiger partial charge < -0.3 is 10.5 Å². The summed E-state index contributed by atoms with van der Waals surface area (Å²) < 4.78 is 43.1. The van der Waals surface area contributed by atoms with Gasteiger partial charge in [-0.2, -0.15) is 0 Å². The zero-order chi connectivity index (χ0) is 12.2. The average molecular weight is 248 g/mol. The molecular formula is C9H13FN2O3S. The van der Waals surface area contributed by atoms with E-state index >= 15 is 0 Å². The zero-order valence-electron chi connectivity index (χ0n) is 8.73. The highest BCUT2D eigenvalue weighted by atomic mass is 32.2. The topological polar surface area (TPSA) is 81.4 Å². The number of hydrogen-bond donors (Lipinski definition) is 2. The number of anilines is 1. The Hall–Kier alpha value is -1.18. The number of nitrogens with two attached hydrogens (primary N) is 1. The molecule has 0 amide bonds. The second-order valence-corrected chi connectivity index (χ2v) is 4.88. The van der Waals surface area contributed by atoms with Crippen LogP contribution < -0.4 is 10.5 Å². The number of nitrogens with one attached hydrogen (secondary N) is 1. The van der Waals surface area contributed by atoms with Crippen LogP contribution in [-0.4, -0.2) is 28.7 Å². The molecule has 5 nitrogen and oxygen atoms in total. The maximum Gasteiger partial charge on any atom is 0.240 e. The lowest BCUT2D eigenvalue weighted by atomic mass is 10.3. The van der Waals surface area contributed by atoms with E-state index in [9.17, 15) is 12.8 Å². The minimum atomic E-state index is -3.73. The summed E-state index contributed by atoms with van der Waals surface area (Å²) in [6.45, 7) is 0.360. The average Bonchev–Trinajstić information content (AvgIpc) is 2.16. The molecule has 0 saturated heterocycles. The zero-order valence-corrected chi connectivity index (χ0v) is 9.55. The number of rotatable bonds is 5. The molecule has 0 radical (unpaired) electrons. The van der Waals surface area contributed by atoms with Crippen LogP contribution in [0.4, 0.5) is 10.1 Å². The molecule has 0 unspecified atom stereocenters. The van der Waals surface area contributed by atoms with Gasteiger partial charge in [0, 0.05) is 19.3 Å². The standard InChI is InChI=1S/C9H13FN2O3S/c1-15-3-2-12-16(13,14)9-5-7(10)4-8(11)6-9/h4-6,12H,2-3,11H2,1H3. The molecule has 0 heterocycles. The minimum absolute atomic E-state index is 0.0621. The summed E-state index contributed by atoms with van der Waals surface area (Å²) in [7, 11) is -2.27. The Morgan fingerprint density at radius 1 is 1.44 bits per heavy atom. The van der Waals surface area contributed by atoms with Gasteiger partial charge in [-0.3, -0.25) is 0 Å². The SMILES string of the molecule is COCCNS(=O)(=O)c1cc(N)cc(F)c1. The summed E-state index contributed by atoms with van der Waals surface area (Å²) in [4.78, 5) is -0.193. The van der Waals surface area contributed by atoms with Gasteiger partial charge in [-0.25, -0.2) is 17.5 Å². The fourth-order valence-electron chi connectivity index (χ4n) is 1.10. The summed E-state index contributed by atoms with van der Waals surface area (Å²) in [5.74, 6) is -0.688. The summed E-state index contributed by atoms with van der Waals surface area (Å²) in [6.07, 6.45) is 0. The molecular weight excluding hydrogens is 235 g/mol. The molecule has 0 bridgehead atoms. The van der Waals surface area contributed by atoms with Gasteiger partial charge in [0.2, 0.25) is 10.0 Å². The van der Waals surface area contributed by atoms with E-state index < -0.39 is 15.8 Å². The molecule has 0 saturated carbocycles. The van der Waals surface area contributed by atoms with Crippen LogP contribution >= 0.6 is 0 Å². The molecule has 0 aliphatic heterocycles. The number of methoxy groups -OCH3 is 1. The van der Waals surface area contributed by atoms with E-state index in [4.69, 9.17) is 10.5 Å². The third-order valence-electron chi connectivity index (χ3n) is 1.80. The van der Waals surface area contributed by atoms with Crippen molar-refractivity contribution in [3.63, 3.8) is 0 Å². The number of ether oxygens (including phenoxy) is 1. The van der Waals surface area contributed by atoms with Crippen LogP contribution in [0.15, 0.2) is 23.1 Å². The van der Waals surface area contributed by atoms with Crippen LogP contribution in [0, 0.1) is 5.82 Å². The van der Waals surface area contributed by atoms with E-state index in [1.807, 2.05) is 0 Å². The van der Waals surface area contributed by atoms with Gasteiger partial charge in [0.25, 0.3) is 0 Å². The lowest BCUT2D eigenvalue weighted by molar-refractivity contribution is 0.204.